The number of hydrogen-bond acceptors (Lipinski definition) is 4. The van der Waals surface area contributed by atoms with Crippen LogP contribution in [0.3, 0.4) is 0 Å². The van der Waals surface area contributed by atoms with Crippen molar-refractivity contribution in [1.29, 1.82) is 0 Å². The van der Waals surface area contributed by atoms with E-state index < -0.39 is 10.0 Å². The molecule has 2 aromatic rings. The molecule has 144 valence electrons. The van der Waals surface area contributed by atoms with E-state index in [9.17, 15) is 13.2 Å². The van der Waals surface area contributed by atoms with Crippen molar-refractivity contribution in [3.63, 3.8) is 0 Å². The minimum absolute atomic E-state index is 0. The second-order valence-corrected chi connectivity index (χ2v) is 9.11. The Balaban J connectivity index is 0.00000210. The van der Waals surface area contributed by atoms with Crippen LogP contribution in [0.15, 0.2) is 59.5 Å². The summed E-state index contributed by atoms with van der Waals surface area (Å²) in [6.45, 7) is 2.84. The maximum absolute atomic E-state index is 13.3. The number of hydrogen-bond donors (Lipinski definition) is 1. The lowest BCUT2D eigenvalue weighted by Crippen LogP contribution is -2.34. The zero-order valence-corrected chi connectivity index (χ0v) is 16.6. The number of carbonyl (C=O) groups is 1. The molecular weight excluding hydrogens is 384 g/mol. The van der Waals surface area contributed by atoms with Crippen LogP contribution in [0.1, 0.15) is 28.8 Å². The van der Waals surface area contributed by atoms with Gasteiger partial charge in [0.2, 0.25) is 10.0 Å². The van der Waals surface area contributed by atoms with Crippen molar-refractivity contribution < 1.29 is 13.2 Å². The molecule has 2 saturated heterocycles. The Hall–Kier alpha value is -1.73. The Kier molecular flexibility index (Phi) is 5.72. The van der Waals surface area contributed by atoms with E-state index in [1.807, 2.05) is 6.07 Å². The first kappa shape index (κ1) is 20.0. The second kappa shape index (κ2) is 7.72. The summed E-state index contributed by atoms with van der Waals surface area (Å²) >= 11 is 0. The normalized spacial score (nSPS) is 22.7. The van der Waals surface area contributed by atoms with Crippen molar-refractivity contribution >= 4 is 28.2 Å². The molecule has 1 N–H and O–H groups in total. The fourth-order valence-electron chi connectivity index (χ4n) is 4.01. The Labute approximate surface area is 166 Å². The molecule has 2 fully saturated rings. The molecule has 2 heterocycles. The van der Waals surface area contributed by atoms with Crippen LogP contribution in [0.5, 0.6) is 0 Å². The molecule has 0 saturated carbocycles. The van der Waals surface area contributed by atoms with Crippen LogP contribution in [-0.4, -0.2) is 44.7 Å². The average molecular weight is 407 g/mol. The molecule has 0 amide bonds. The van der Waals surface area contributed by atoms with Gasteiger partial charge in [0.1, 0.15) is 0 Å². The largest absolute Gasteiger partial charge is 0.316 e. The maximum atomic E-state index is 13.3. The molecule has 1 spiro atoms. The summed E-state index contributed by atoms with van der Waals surface area (Å²) in [6, 6.07) is 15.3. The molecule has 4 rings (SSSR count). The van der Waals surface area contributed by atoms with E-state index in [1.54, 1.807) is 52.8 Å². The van der Waals surface area contributed by atoms with Gasteiger partial charge in [-0.25, -0.2) is 8.42 Å². The van der Waals surface area contributed by atoms with Gasteiger partial charge in [0, 0.05) is 30.8 Å². The molecule has 2 aromatic carbocycles. The lowest BCUT2D eigenvalue weighted by molar-refractivity contribution is 0.103. The van der Waals surface area contributed by atoms with E-state index in [2.05, 4.69) is 5.32 Å². The van der Waals surface area contributed by atoms with Crippen LogP contribution in [0.2, 0.25) is 0 Å². The second-order valence-electron chi connectivity index (χ2n) is 7.21. The molecule has 1 unspecified atom stereocenters. The van der Waals surface area contributed by atoms with Crippen LogP contribution >= 0.6 is 12.4 Å². The number of sulfonamides is 1. The van der Waals surface area contributed by atoms with Gasteiger partial charge in [-0.2, -0.15) is 4.31 Å². The molecule has 5 nitrogen and oxygen atoms in total. The molecular formula is C20H23ClN2O3S. The minimum Gasteiger partial charge on any atom is -0.316 e. The fraction of sp³-hybridized carbons (Fsp3) is 0.350. The third-order valence-electron chi connectivity index (χ3n) is 5.52. The quantitative estimate of drug-likeness (QED) is 0.793. The lowest BCUT2D eigenvalue weighted by Gasteiger charge is -2.23. The molecule has 7 heteroatoms. The van der Waals surface area contributed by atoms with Crippen molar-refractivity contribution in [3.05, 3.63) is 65.7 Å². The van der Waals surface area contributed by atoms with Gasteiger partial charge < -0.3 is 5.32 Å². The highest BCUT2D eigenvalue weighted by molar-refractivity contribution is 7.89. The molecule has 2 aliphatic heterocycles. The van der Waals surface area contributed by atoms with Gasteiger partial charge in [0.15, 0.2) is 5.78 Å². The highest BCUT2D eigenvalue weighted by atomic mass is 35.5. The fourth-order valence-corrected chi connectivity index (χ4v) is 5.75. The van der Waals surface area contributed by atoms with Gasteiger partial charge in [-0.1, -0.05) is 42.5 Å². The first-order valence-corrected chi connectivity index (χ1v) is 10.4. The van der Waals surface area contributed by atoms with E-state index in [0.29, 0.717) is 18.7 Å². The molecule has 1 atom stereocenters. The summed E-state index contributed by atoms with van der Waals surface area (Å²) < 4.78 is 28.1. The third-order valence-corrected chi connectivity index (χ3v) is 7.42. The number of benzene rings is 2. The monoisotopic (exact) mass is 406 g/mol. The summed E-state index contributed by atoms with van der Waals surface area (Å²) in [5.41, 5.74) is 0.781. The van der Waals surface area contributed by atoms with Crippen LogP contribution in [0.4, 0.5) is 0 Å². The minimum atomic E-state index is -3.70. The van der Waals surface area contributed by atoms with Crippen molar-refractivity contribution in [2.75, 3.05) is 26.2 Å². The van der Waals surface area contributed by atoms with E-state index in [-0.39, 0.29) is 34.1 Å². The van der Waals surface area contributed by atoms with E-state index in [0.717, 1.165) is 25.9 Å². The average Bonchev–Trinajstić information content (AvgIpc) is 3.32. The predicted octanol–water partition coefficient (Wildman–Crippen LogP) is 2.71. The van der Waals surface area contributed by atoms with Crippen LogP contribution in [0.25, 0.3) is 0 Å². The molecule has 0 radical (unpaired) electrons. The van der Waals surface area contributed by atoms with Gasteiger partial charge in [-0.05, 0) is 36.9 Å². The molecule has 2 aliphatic rings. The van der Waals surface area contributed by atoms with Crippen molar-refractivity contribution in [1.82, 2.24) is 9.62 Å². The topological polar surface area (TPSA) is 66.5 Å². The number of halogens is 1. The van der Waals surface area contributed by atoms with Crippen LogP contribution < -0.4 is 5.32 Å². The number of rotatable bonds is 4. The van der Waals surface area contributed by atoms with Crippen LogP contribution in [0, 0.1) is 5.41 Å². The van der Waals surface area contributed by atoms with Crippen molar-refractivity contribution in [3.8, 4) is 0 Å². The summed E-state index contributed by atoms with van der Waals surface area (Å²) in [5.74, 6) is -0.263. The summed E-state index contributed by atoms with van der Waals surface area (Å²) in [5, 5.41) is 3.34. The number of nitrogens with one attached hydrogen (secondary N) is 1. The zero-order valence-electron chi connectivity index (χ0n) is 14.9. The van der Waals surface area contributed by atoms with Gasteiger partial charge in [0.25, 0.3) is 0 Å². The molecule has 27 heavy (non-hydrogen) atoms. The van der Waals surface area contributed by atoms with E-state index in [4.69, 9.17) is 0 Å². The SMILES string of the molecule is Cl.O=C(c1ccccc1)c1ccccc1S(=O)(=O)N1CCC2(CCNC2)C1. The van der Waals surface area contributed by atoms with Crippen molar-refractivity contribution in [2.24, 2.45) is 5.41 Å². The van der Waals surface area contributed by atoms with E-state index in [1.165, 1.54) is 0 Å². The first-order chi connectivity index (χ1) is 12.5. The summed E-state index contributed by atoms with van der Waals surface area (Å²) in [4.78, 5) is 13.0. The number of ketones is 1. The van der Waals surface area contributed by atoms with Gasteiger partial charge in [-0.3, -0.25) is 4.79 Å². The standard InChI is InChI=1S/C20H22N2O3S.ClH/c23-19(16-6-2-1-3-7-16)17-8-4-5-9-18(17)26(24,25)22-13-11-20(15-22)10-12-21-14-20;/h1-9,21H,10-15H2;1H. The zero-order chi connectivity index (χ0) is 18.2. The molecule has 0 bridgehead atoms. The van der Waals surface area contributed by atoms with Gasteiger partial charge in [-0.15, -0.1) is 12.4 Å². The Morgan fingerprint density at radius 1 is 1.00 bits per heavy atom. The number of carbonyl (C=O) groups excluding carboxylic acids is 1. The summed E-state index contributed by atoms with van der Waals surface area (Å²) in [7, 11) is -3.70. The highest BCUT2D eigenvalue weighted by Gasteiger charge is 2.45. The molecule has 0 aliphatic carbocycles. The Morgan fingerprint density at radius 3 is 2.41 bits per heavy atom. The predicted molar refractivity (Wildman–Crippen MR) is 107 cm³/mol. The highest BCUT2D eigenvalue weighted by Crippen LogP contribution is 2.38. The first-order valence-electron chi connectivity index (χ1n) is 8.92. The van der Waals surface area contributed by atoms with Crippen LogP contribution in [-0.2, 0) is 10.0 Å². The Morgan fingerprint density at radius 2 is 1.70 bits per heavy atom. The smallest absolute Gasteiger partial charge is 0.243 e. The van der Waals surface area contributed by atoms with Gasteiger partial charge >= 0.3 is 0 Å². The van der Waals surface area contributed by atoms with E-state index >= 15 is 0 Å². The third kappa shape index (κ3) is 3.67. The Bertz CT molecular complexity index is 925. The summed E-state index contributed by atoms with van der Waals surface area (Å²) in [6.07, 6.45) is 1.87. The number of nitrogens with zero attached hydrogens (tertiary/aromatic N) is 1. The van der Waals surface area contributed by atoms with Gasteiger partial charge in [0.05, 0.1) is 4.90 Å². The van der Waals surface area contributed by atoms with Crippen molar-refractivity contribution in [2.45, 2.75) is 17.7 Å². The molecule has 0 aromatic heterocycles. The maximum Gasteiger partial charge on any atom is 0.243 e. The lowest BCUT2D eigenvalue weighted by atomic mass is 9.87.